The van der Waals surface area contributed by atoms with Crippen LogP contribution < -0.4 is 0 Å². The van der Waals surface area contributed by atoms with E-state index < -0.39 is 11.9 Å². The van der Waals surface area contributed by atoms with Gasteiger partial charge in [-0.2, -0.15) is 0 Å². The zero-order valence-electron chi connectivity index (χ0n) is 6.61. The number of benzene rings is 1. The molecule has 0 aliphatic carbocycles. The van der Waals surface area contributed by atoms with Crippen LogP contribution in [0.4, 0.5) is 0 Å². The van der Waals surface area contributed by atoms with Gasteiger partial charge in [-0.25, -0.2) is 4.79 Å². The van der Waals surface area contributed by atoms with E-state index in [0.717, 1.165) is 0 Å². The molecule has 0 aliphatic heterocycles. The minimum atomic E-state index is -0.608. The second kappa shape index (κ2) is 3.67. The lowest BCUT2D eigenvalue weighted by Gasteiger charge is -1.97. The van der Waals surface area contributed by atoms with E-state index in [4.69, 9.17) is 0 Å². The van der Waals surface area contributed by atoms with Crippen molar-refractivity contribution in [3.8, 4) is 0 Å². The fraction of sp³-hybridized carbons (Fsp3) is 0.111. The van der Waals surface area contributed by atoms with Crippen molar-refractivity contribution >= 4 is 11.9 Å². The number of carbonyl (C=O) groups excluding carboxylic acids is 2. The Labute approximate surface area is 70.0 Å². The molecule has 0 aliphatic rings. The molecule has 0 heterocycles. The van der Waals surface area contributed by atoms with Gasteiger partial charge < -0.3 is 4.74 Å². The van der Waals surface area contributed by atoms with Crippen molar-refractivity contribution in [1.82, 2.24) is 0 Å². The van der Waals surface area contributed by atoms with Crippen LogP contribution in [0.25, 0.3) is 0 Å². The molecule has 1 rings (SSSR count). The molecule has 3 heteroatoms. The Morgan fingerprint density at radius 2 is 1.75 bits per heavy atom. The lowest BCUT2D eigenvalue weighted by molar-refractivity contribution is -0.135. The third kappa shape index (κ3) is 2.20. The molecule has 0 saturated carbocycles. The molecule has 0 bridgehead atoms. The van der Waals surface area contributed by atoms with E-state index in [-0.39, 0.29) is 0 Å². The lowest BCUT2D eigenvalue weighted by atomic mass is 10.2. The molecule has 62 valence electrons. The van der Waals surface area contributed by atoms with E-state index in [1.807, 2.05) is 0 Å². The monoisotopic (exact) mass is 164 g/mol. The van der Waals surface area contributed by atoms with Crippen LogP contribution in [-0.4, -0.2) is 11.9 Å². The topological polar surface area (TPSA) is 43.4 Å². The average Bonchev–Trinajstić information content (AvgIpc) is 2.05. The first kappa shape index (κ1) is 8.46. The number of ether oxygens (including phenoxy) is 1. The van der Waals surface area contributed by atoms with Gasteiger partial charge >= 0.3 is 11.9 Å². The fourth-order valence-electron chi connectivity index (χ4n) is 0.764. The van der Waals surface area contributed by atoms with Gasteiger partial charge in [0.2, 0.25) is 0 Å². The first-order chi connectivity index (χ1) is 5.70. The van der Waals surface area contributed by atoms with Crippen molar-refractivity contribution in [2.45, 2.75) is 6.92 Å². The highest BCUT2D eigenvalue weighted by molar-refractivity contribution is 5.96. The number of hydrogen-bond donors (Lipinski definition) is 0. The van der Waals surface area contributed by atoms with Gasteiger partial charge in [-0.1, -0.05) is 18.2 Å². The summed E-state index contributed by atoms with van der Waals surface area (Å²) in [6.07, 6.45) is 0. The van der Waals surface area contributed by atoms with Crippen LogP contribution in [0, 0.1) is 0 Å². The molecule has 0 N–H and O–H groups in total. The molecule has 0 fully saturated rings. The van der Waals surface area contributed by atoms with Crippen LogP contribution in [0.3, 0.4) is 0 Å². The molecule has 0 amide bonds. The largest absolute Gasteiger partial charge is 0.390 e. The predicted octanol–water partition coefficient (Wildman–Crippen LogP) is 1.39. The standard InChI is InChI=1S/C9H8O3/c1-7(10)12-9(11)8-5-3-2-4-6-8/h2-6H,1H3. The van der Waals surface area contributed by atoms with Gasteiger partial charge in [-0.05, 0) is 12.1 Å². The Balaban J connectivity index is 2.73. The maximum absolute atomic E-state index is 11.0. The molecular formula is C9H8O3. The van der Waals surface area contributed by atoms with Crippen LogP contribution in [0.15, 0.2) is 30.3 Å². The first-order valence-corrected chi connectivity index (χ1v) is 3.48. The SMILES string of the molecule is CC(=O)OC(=O)c1ccccc1. The lowest BCUT2D eigenvalue weighted by Crippen LogP contribution is -2.08. The summed E-state index contributed by atoms with van der Waals surface area (Å²) in [5, 5.41) is 0. The summed E-state index contributed by atoms with van der Waals surface area (Å²) in [7, 11) is 0. The highest BCUT2D eigenvalue weighted by Crippen LogP contribution is 2.00. The molecular weight excluding hydrogens is 156 g/mol. The average molecular weight is 164 g/mol. The van der Waals surface area contributed by atoms with Crippen LogP contribution in [0.5, 0.6) is 0 Å². The van der Waals surface area contributed by atoms with E-state index in [0.29, 0.717) is 5.56 Å². The van der Waals surface area contributed by atoms with Crippen molar-refractivity contribution in [2.75, 3.05) is 0 Å². The number of carbonyl (C=O) groups is 2. The Kier molecular flexibility index (Phi) is 2.58. The summed E-state index contributed by atoms with van der Waals surface area (Å²) in [6, 6.07) is 8.37. The van der Waals surface area contributed by atoms with Gasteiger partial charge in [-0.15, -0.1) is 0 Å². The fourth-order valence-corrected chi connectivity index (χ4v) is 0.764. The van der Waals surface area contributed by atoms with E-state index >= 15 is 0 Å². The van der Waals surface area contributed by atoms with Gasteiger partial charge in [0.05, 0.1) is 5.56 Å². The normalized spacial score (nSPS) is 9.08. The minimum absolute atomic E-state index is 0.382. The molecule has 1 aromatic rings. The van der Waals surface area contributed by atoms with Crippen molar-refractivity contribution in [2.24, 2.45) is 0 Å². The zero-order chi connectivity index (χ0) is 8.97. The molecule has 12 heavy (non-hydrogen) atoms. The summed E-state index contributed by atoms with van der Waals surface area (Å²) in [4.78, 5) is 21.4. The summed E-state index contributed by atoms with van der Waals surface area (Å²) in [6.45, 7) is 1.20. The van der Waals surface area contributed by atoms with Crippen molar-refractivity contribution in [3.63, 3.8) is 0 Å². The van der Waals surface area contributed by atoms with Gasteiger partial charge in [0, 0.05) is 6.92 Å². The highest BCUT2D eigenvalue weighted by atomic mass is 16.6. The number of hydrogen-bond acceptors (Lipinski definition) is 3. The van der Waals surface area contributed by atoms with Crippen molar-refractivity contribution < 1.29 is 14.3 Å². The summed E-state index contributed by atoms with van der Waals surface area (Å²) in [5.74, 6) is -1.20. The highest BCUT2D eigenvalue weighted by Gasteiger charge is 2.07. The van der Waals surface area contributed by atoms with E-state index in [1.54, 1.807) is 30.3 Å². The number of rotatable bonds is 1. The van der Waals surface area contributed by atoms with Crippen LogP contribution >= 0.6 is 0 Å². The van der Waals surface area contributed by atoms with Gasteiger partial charge in [-0.3, -0.25) is 4.79 Å². The van der Waals surface area contributed by atoms with Gasteiger partial charge in [0.1, 0.15) is 0 Å². The summed E-state index contributed by atoms with van der Waals surface area (Å²) < 4.78 is 4.36. The van der Waals surface area contributed by atoms with E-state index in [1.165, 1.54) is 6.92 Å². The summed E-state index contributed by atoms with van der Waals surface area (Å²) in [5.41, 5.74) is 0.382. The second-order valence-electron chi connectivity index (χ2n) is 2.25. The van der Waals surface area contributed by atoms with Crippen LogP contribution in [0.2, 0.25) is 0 Å². The van der Waals surface area contributed by atoms with Gasteiger partial charge in [0.15, 0.2) is 0 Å². The second-order valence-corrected chi connectivity index (χ2v) is 2.25. The summed E-state index contributed by atoms with van der Waals surface area (Å²) >= 11 is 0. The molecule has 3 nitrogen and oxygen atoms in total. The van der Waals surface area contributed by atoms with Gasteiger partial charge in [0.25, 0.3) is 0 Å². The molecule has 0 spiro atoms. The third-order valence-electron chi connectivity index (χ3n) is 1.25. The maximum atomic E-state index is 11.0. The van der Waals surface area contributed by atoms with E-state index in [2.05, 4.69) is 4.74 Å². The molecule has 0 saturated heterocycles. The van der Waals surface area contributed by atoms with E-state index in [9.17, 15) is 9.59 Å². The maximum Gasteiger partial charge on any atom is 0.345 e. The molecule has 0 unspecified atom stereocenters. The van der Waals surface area contributed by atoms with Crippen LogP contribution in [-0.2, 0) is 9.53 Å². The predicted molar refractivity (Wildman–Crippen MR) is 42.5 cm³/mol. The smallest absolute Gasteiger partial charge is 0.345 e. The van der Waals surface area contributed by atoms with Crippen LogP contribution in [0.1, 0.15) is 17.3 Å². The first-order valence-electron chi connectivity index (χ1n) is 3.48. The molecule has 1 aromatic carbocycles. The van der Waals surface area contributed by atoms with Crippen molar-refractivity contribution in [3.05, 3.63) is 35.9 Å². The zero-order valence-corrected chi connectivity index (χ0v) is 6.61. The number of esters is 2. The molecule has 0 atom stereocenters. The Hall–Kier alpha value is -1.64. The molecule has 0 aromatic heterocycles. The Bertz CT molecular complexity index is 290. The Morgan fingerprint density at radius 1 is 1.17 bits per heavy atom. The molecule has 0 radical (unpaired) electrons. The Morgan fingerprint density at radius 3 is 2.25 bits per heavy atom. The quantitative estimate of drug-likeness (QED) is 0.465. The van der Waals surface area contributed by atoms with Crippen molar-refractivity contribution in [1.29, 1.82) is 0 Å². The minimum Gasteiger partial charge on any atom is -0.390 e. The third-order valence-corrected chi connectivity index (χ3v) is 1.25.